The number of hydrogen-bond donors (Lipinski definition) is 4. The van der Waals surface area contributed by atoms with Crippen molar-refractivity contribution >= 4 is 39.5 Å². The smallest absolute Gasteiger partial charge is 0.337 e. The molecule has 3 amide bonds. The van der Waals surface area contributed by atoms with Crippen LogP contribution in [0.3, 0.4) is 0 Å². The highest BCUT2D eigenvalue weighted by atomic mass is 79.9. The van der Waals surface area contributed by atoms with Gasteiger partial charge < -0.3 is 26.2 Å². The van der Waals surface area contributed by atoms with Crippen molar-refractivity contribution in [3.05, 3.63) is 28.2 Å². The number of hydrogen-bond acceptors (Lipinski definition) is 4. The van der Waals surface area contributed by atoms with Crippen molar-refractivity contribution in [1.82, 2.24) is 5.32 Å². The van der Waals surface area contributed by atoms with Crippen LogP contribution in [0.15, 0.2) is 22.7 Å². The summed E-state index contributed by atoms with van der Waals surface area (Å²) in [5.41, 5.74) is 5.00. The molecule has 0 aliphatic rings. The zero-order valence-electron chi connectivity index (χ0n) is 10.9. The second-order valence-electron chi connectivity index (χ2n) is 3.89. The Morgan fingerprint density at radius 2 is 2.05 bits per heavy atom. The van der Waals surface area contributed by atoms with Crippen LogP contribution in [-0.4, -0.2) is 42.8 Å². The van der Waals surface area contributed by atoms with E-state index in [0.29, 0.717) is 4.47 Å². The number of carboxylic acids is 1. The predicted molar refractivity (Wildman–Crippen MR) is 78.1 cm³/mol. The number of carbonyl (C=O) groups is 3. The molecule has 0 bridgehead atoms. The molecule has 9 heteroatoms. The van der Waals surface area contributed by atoms with Crippen LogP contribution in [0.1, 0.15) is 10.4 Å². The fourth-order valence-electron chi connectivity index (χ4n) is 1.38. The van der Waals surface area contributed by atoms with E-state index in [0.717, 1.165) is 0 Å². The fraction of sp³-hybridized carbons (Fsp3) is 0.250. The Morgan fingerprint density at radius 1 is 1.33 bits per heavy atom. The van der Waals surface area contributed by atoms with Gasteiger partial charge in [-0.15, -0.1) is 0 Å². The standard InChI is InChI=1S/C12H14BrN3O5/c13-7-1-2-9(8(5-7)11(18)19)16-12(20)15-3-4-21-6-10(14)17/h1-2,5H,3-4,6H2,(H2,14,17)(H,18,19)(H2,15,16,20). The minimum atomic E-state index is -1.16. The highest BCUT2D eigenvalue weighted by Crippen LogP contribution is 2.20. The van der Waals surface area contributed by atoms with Gasteiger partial charge in [-0.2, -0.15) is 0 Å². The third kappa shape index (κ3) is 6.23. The number of amides is 3. The average molecular weight is 360 g/mol. The van der Waals surface area contributed by atoms with E-state index in [1.807, 2.05) is 0 Å². The van der Waals surface area contributed by atoms with Gasteiger partial charge in [0.25, 0.3) is 0 Å². The van der Waals surface area contributed by atoms with E-state index in [2.05, 4.69) is 26.6 Å². The molecule has 0 unspecified atom stereocenters. The molecule has 0 aliphatic heterocycles. The van der Waals surface area contributed by atoms with Gasteiger partial charge in [0.15, 0.2) is 0 Å². The lowest BCUT2D eigenvalue weighted by atomic mass is 10.2. The molecular formula is C12H14BrN3O5. The van der Waals surface area contributed by atoms with E-state index in [9.17, 15) is 14.4 Å². The van der Waals surface area contributed by atoms with E-state index in [4.69, 9.17) is 15.6 Å². The maximum Gasteiger partial charge on any atom is 0.337 e. The van der Waals surface area contributed by atoms with Gasteiger partial charge in [-0.25, -0.2) is 9.59 Å². The van der Waals surface area contributed by atoms with Gasteiger partial charge in [0.2, 0.25) is 5.91 Å². The Bertz CT molecular complexity index is 550. The zero-order chi connectivity index (χ0) is 15.8. The Hall–Kier alpha value is -2.13. The monoisotopic (exact) mass is 359 g/mol. The summed E-state index contributed by atoms with van der Waals surface area (Å²) in [5.74, 6) is -1.75. The van der Waals surface area contributed by atoms with E-state index >= 15 is 0 Å². The largest absolute Gasteiger partial charge is 0.478 e. The molecule has 0 aliphatic carbocycles. The Kier molecular flexibility index (Phi) is 6.63. The number of nitrogens with one attached hydrogen (secondary N) is 2. The summed E-state index contributed by atoms with van der Waals surface area (Å²) in [7, 11) is 0. The molecule has 0 aromatic heterocycles. The molecule has 0 radical (unpaired) electrons. The highest BCUT2D eigenvalue weighted by molar-refractivity contribution is 9.10. The highest BCUT2D eigenvalue weighted by Gasteiger charge is 2.12. The molecule has 114 valence electrons. The summed E-state index contributed by atoms with van der Waals surface area (Å²) in [5, 5.41) is 13.9. The predicted octanol–water partition coefficient (Wildman–Crippen LogP) is 0.771. The summed E-state index contributed by atoms with van der Waals surface area (Å²) < 4.78 is 5.44. The Balaban J connectivity index is 2.48. The zero-order valence-corrected chi connectivity index (χ0v) is 12.5. The Morgan fingerprint density at radius 3 is 2.67 bits per heavy atom. The van der Waals surface area contributed by atoms with Crippen molar-refractivity contribution < 1.29 is 24.2 Å². The van der Waals surface area contributed by atoms with Crippen molar-refractivity contribution in [3.8, 4) is 0 Å². The summed E-state index contributed by atoms with van der Waals surface area (Å²) in [6.07, 6.45) is 0. The third-order valence-corrected chi connectivity index (χ3v) is 2.73. The molecular weight excluding hydrogens is 346 g/mol. The summed E-state index contributed by atoms with van der Waals surface area (Å²) in [6, 6.07) is 3.88. The molecule has 0 heterocycles. The van der Waals surface area contributed by atoms with Crippen LogP contribution < -0.4 is 16.4 Å². The molecule has 0 saturated heterocycles. The molecule has 0 atom stereocenters. The van der Waals surface area contributed by atoms with Gasteiger partial charge in [0, 0.05) is 11.0 Å². The number of aromatic carboxylic acids is 1. The molecule has 1 aromatic rings. The van der Waals surface area contributed by atoms with Gasteiger partial charge in [-0.1, -0.05) is 15.9 Å². The first-order chi connectivity index (χ1) is 9.90. The summed E-state index contributed by atoms with van der Waals surface area (Å²) >= 11 is 3.16. The minimum Gasteiger partial charge on any atom is -0.478 e. The van der Waals surface area contributed by atoms with Gasteiger partial charge >= 0.3 is 12.0 Å². The number of nitrogens with two attached hydrogens (primary N) is 1. The average Bonchev–Trinajstić information content (AvgIpc) is 2.39. The molecule has 8 nitrogen and oxygen atoms in total. The van der Waals surface area contributed by atoms with E-state index in [-0.39, 0.29) is 31.0 Å². The Labute approximate surface area is 128 Å². The van der Waals surface area contributed by atoms with Crippen LogP contribution in [0.5, 0.6) is 0 Å². The fourth-order valence-corrected chi connectivity index (χ4v) is 1.74. The summed E-state index contributed by atoms with van der Waals surface area (Å²) in [4.78, 5) is 33.1. The van der Waals surface area contributed by atoms with Crippen molar-refractivity contribution in [3.63, 3.8) is 0 Å². The number of ether oxygens (including phenoxy) is 1. The van der Waals surface area contributed by atoms with E-state index in [1.54, 1.807) is 6.07 Å². The van der Waals surface area contributed by atoms with Crippen molar-refractivity contribution in [2.24, 2.45) is 5.73 Å². The number of carboxylic acid groups (broad SMARTS) is 1. The van der Waals surface area contributed by atoms with Crippen LogP contribution in [0.4, 0.5) is 10.5 Å². The number of carbonyl (C=O) groups excluding carboxylic acids is 2. The van der Waals surface area contributed by atoms with Gasteiger partial charge in [-0.05, 0) is 18.2 Å². The van der Waals surface area contributed by atoms with Crippen molar-refractivity contribution in [1.29, 1.82) is 0 Å². The lowest BCUT2D eigenvalue weighted by Gasteiger charge is -2.10. The van der Waals surface area contributed by atoms with E-state index < -0.39 is 17.9 Å². The maximum atomic E-state index is 11.6. The number of anilines is 1. The number of urea groups is 1. The molecule has 1 rings (SSSR count). The topological polar surface area (TPSA) is 131 Å². The van der Waals surface area contributed by atoms with Crippen LogP contribution in [0, 0.1) is 0 Å². The quantitative estimate of drug-likeness (QED) is 0.534. The lowest BCUT2D eigenvalue weighted by molar-refractivity contribution is -0.122. The van der Waals surface area contributed by atoms with Crippen LogP contribution >= 0.6 is 15.9 Å². The second-order valence-corrected chi connectivity index (χ2v) is 4.81. The minimum absolute atomic E-state index is 0.0375. The van der Waals surface area contributed by atoms with Gasteiger partial charge in [0.1, 0.15) is 6.61 Å². The van der Waals surface area contributed by atoms with Gasteiger partial charge in [-0.3, -0.25) is 4.79 Å². The molecule has 1 aromatic carbocycles. The van der Waals surface area contributed by atoms with Crippen LogP contribution in [0.25, 0.3) is 0 Å². The maximum absolute atomic E-state index is 11.6. The number of primary amides is 1. The molecule has 0 saturated carbocycles. The van der Waals surface area contributed by atoms with Gasteiger partial charge in [0.05, 0.1) is 17.9 Å². The number of rotatable bonds is 7. The van der Waals surface area contributed by atoms with Crippen LogP contribution in [-0.2, 0) is 9.53 Å². The third-order valence-electron chi connectivity index (χ3n) is 2.24. The summed E-state index contributed by atoms with van der Waals surface area (Å²) in [6.45, 7) is 0.0414. The molecule has 21 heavy (non-hydrogen) atoms. The molecule has 5 N–H and O–H groups in total. The first kappa shape index (κ1) is 16.9. The first-order valence-corrected chi connectivity index (χ1v) is 6.63. The number of benzene rings is 1. The van der Waals surface area contributed by atoms with E-state index in [1.165, 1.54) is 12.1 Å². The van der Waals surface area contributed by atoms with Crippen molar-refractivity contribution in [2.75, 3.05) is 25.1 Å². The lowest BCUT2D eigenvalue weighted by Crippen LogP contribution is -2.32. The second kappa shape index (κ2) is 8.22. The normalized spacial score (nSPS) is 9.95. The first-order valence-electron chi connectivity index (χ1n) is 5.84. The SMILES string of the molecule is NC(=O)COCCNC(=O)Nc1ccc(Br)cc1C(=O)O. The number of halogens is 1. The van der Waals surface area contributed by atoms with Crippen LogP contribution in [0.2, 0.25) is 0 Å². The molecule has 0 fully saturated rings. The molecule has 0 spiro atoms. The van der Waals surface area contributed by atoms with Crippen molar-refractivity contribution in [2.45, 2.75) is 0 Å².